The number of rotatable bonds is 5. The Hall–Kier alpha value is -1.22. The topological polar surface area (TPSA) is 41.5 Å². The summed E-state index contributed by atoms with van der Waals surface area (Å²) in [6.07, 6.45) is 0. The Morgan fingerprint density at radius 2 is 2.00 bits per heavy atom. The maximum atomic E-state index is 9.01. The first-order chi connectivity index (χ1) is 6.33. The molecule has 0 aliphatic rings. The van der Waals surface area contributed by atoms with Gasteiger partial charge in [0.05, 0.1) is 6.61 Å². The van der Waals surface area contributed by atoms with Crippen LogP contribution in [0.15, 0.2) is 24.3 Å². The average Bonchev–Trinajstić information content (AvgIpc) is 2.15. The monoisotopic (exact) mass is 181 g/mol. The summed E-state index contributed by atoms with van der Waals surface area (Å²) in [4.78, 5) is 0. The largest absolute Gasteiger partial charge is 0.508 e. The van der Waals surface area contributed by atoms with Gasteiger partial charge < -0.3 is 15.2 Å². The lowest BCUT2D eigenvalue weighted by Crippen LogP contribution is -2.08. The van der Waals surface area contributed by atoms with Crippen LogP contribution in [-0.2, 0) is 4.74 Å². The lowest BCUT2D eigenvalue weighted by atomic mass is 10.3. The van der Waals surface area contributed by atoms with Crippen molar-refractivity contribution in [2.45, 2.75) is 6.92 Å². The van der Waals surface area contributed by atoms with Gasteiger partial charge in [-0.25, -0.2) is 0 Å². The Bertz CT molecular complexity index is 233. The van der Waals surface area contributed by atoms with Gasteiger partial charge in [0.15, 0.2) is 0 Å². The molecule has 0 aromatic heterocycles. The molecule has 0 saturated carbocycles. The number of phenols is 1. The van der Waals surface area contributed by atoms with E-state index >= 15 is 0 Å². The van der Waals surface area contributed by atoms with E-state index in [9.17, 15) is 0 Å². The molecule has 3 nitrogen and oxygen atoms in total. The highest BCUT2D eigenvalue weighted by atomic mass is 16.5. The van der Waals surface area contributed by atoms with Gasteiger partial charge in [-0.05, 0) is 31.2 Å². The molecule has 1 rings (SSSR count). The average molecular weight is 181 g/mol. The quantitative estimate of drug-likeness (QED) is 0.538. The molecule has 1 aromatic carbocycles. The van der Waals surface area contributed by atoms with Crippen molar-refractivity contribution >= 4 is 5.69 Å². The molecule has 1 aromatic rings. The van der Waals surface area contributed by atoms with Crippen LogP contribution in [0.1, 0.15) is 6.92 Å². The van der Waals surface area contributed by atoms with Gasteiger partial charge in [0.1, 0.15) is 5.75 Å². The van der Waals surface area contributed by atoms with Crippen LogP contribution in [0.25, 0.3) is 0 Å². The number of hydrogen-bond donors (Lipinski definition) is 2. The zero-order valence-corrected chi connectivity index (χ0v) is 7.79. The molecule has 0 amide bonds. The molecular formula is C10H15NO2. The van der Waals surface area contributed by atoms with Crippen molar-refractivity contribution in [3.05, 3.63) is 24.3 Å². The Kier molecular flexibility index (Phi) is 4.12. The fraction of sp³-hybridized carbons (Fsp3) is 0.400. The lowest BCUT2D eigenvalue weighted by molar-refractivity contribution is 0.158. The van der Waals surface area contributed by atoms with E-state index in [1.807, 2.05) is 19.1 Å². The van der Waals surface area contributed by atoms with E-state index in [1.54, 1.807) is 12.1 Å². The number of hydrogen-bond acceptors (Lipinski definition) is 3. The van der Waals surface area contributed by atoms with Crippen LogP contribution >= 0.6 is 0 Å². The van der Waals surface area contributed by atoms with Crippen LogP contribution in [-0.4, -0.2) is 24.9 Å². The van der Waals surface area contributed by atoms with E-state index in [2.05, 4.69) is 5.32 Å². The van der Waals surface area contributed by atoms with Crippen molar-refractivity contribution in [3.8, 4) is 5.75 Å². The van der Waals surface area contributed by atoms with Crippen molar-refractivity contribution in [1.29, 1.82) is 0 Å². The minimum atomic E-state index is 0.287. The zero-order chi connectivity index (χ0) is 9.52. The van der Waals surface area contributed by atoms with Crippen LogP contribution < -0.4 is 5.32 Å². The van der Waals surface area contributed by atoms with Crippen molar-refractivity contribution < 1.29 is 9.84 Å². The summed E-state index contributed by atoms with van der Waals surface area (Å²) in [5.74, 6) is 0.287. The third-order valence-corrected chi connectivity index (χ3v) is 1.65. The third-order valence-electron chi connectivity index (χ3n) is 1.65. The second kappa shape index (κ2) is 5.43. The SMILES string of the molecule is CCOCCNc1ccc(O)cc1. The van der Waals surface area contributed by atoms with E-state index < -0.39 is 0 Å². The summed E-state index contributed by atoms with van der Waals surface area (Å²) < 4.78 is 5.17. The molecule has 3 heteroatoms. The van der Waals surface area contributed by atoms with E-state index in [-0.39, 0.29) is 5.75 Å². The number of aromatic hydroxyl groups is 1. The van der Waals surface area contributed by atoms with Gasteiger partial charge in [-0.15, -0.1) is 0 Å². The molecule has 72 valence electrons. The van der Waals surface area contributed by atoms with Gasteiger partial charge in [0.2, 0.25) is 0 Å². The predicted octanol–water partition coefficient (Wildman–Crippen LogP) is 1.84. The molecule has 13 heavy (non-hydrogen) atoms. The van der Waals surface area contributed by atoms with Crippen LogP contribution in [0.4, 0.5) is 5.69 Å². The first-order valence-electron chi connectivity index (χ1n) is 4.43. The van der Waals surface area contributed by atoms with Crippen LogP contribution in [0.5, 0.6) is 5.75 Å². The zero-order valence-electron chi connectivity index (χ0n) is 7.79. The number of benzene rings is 1. The molecule has 0 heterocycles. The molecule has 0 radical (unpaired) electrons. The summed E-state index contributed by atoms with van der Waals surface area (Å²) in [6, 6.07) is 6.98. The molecular weight excluding hydrogens is 166 g/mol. The van der Waals surface area contributed by atoms with Gasteiger partial charge in [0.25, 0.3) is 0 Å². The normalized spacial score (nSPS) is 9.92. The van der Waals surface area contributed by atoms with Crippen molar-refractivity contribution in [1.82, 2.24) is 0 Å². The minimum Gasteiger partial charge on any atom is -0.508 e. The fourth-order valence-electron chi connectivity index (χ4n) is 0.991. The molecule has 0 fully saturated rings. The summed E-state index contributed by atoms with van der Waals surface area (Å²) in [5.41, 5.74) is 0.998. The second-order valence-electron chi connectivity index (χ2n) is 2.67. The molecule has 0 saturated heterocycles. The van der Waals surface area contributed by atoms with Crippen LogP contribution in [0.3, 0.4) is 0 Å². The van der Waals surface area contributed by atoms with E-state index in [0.717, 1.165) is 18.8 Å². The Morgan fingerprint density at radius 3 is 2.62 bits per heavy atom. The number of phenolic OH excluding ortho intramolecular Hbond substituents is 1. The van der Waals surface area contributed by atoms with Gasteiger partial charge in [-0.2, -0.15) is 0 Å². The van der Waals surface area contributed by atoms with E-state index in [4.69, 9.17) is 9.84 Å². The van der Waals surface area contributed by atoms with E-state index in [0.29, 0.717) is 6.61 Å². The molecule has 0 atom stereocenters. The maximum absolute atomic E-state index is 9.01. The van der Waals surface area contributed by atoms with Gasteiger partial charge in [0, 0.05) is 18.8 Å². The third kappa shape index (κ3) is 3.80. The fourth-order valence-corrected chi connectivity index (χ4v) is 0.991. The van der Waals surface area contributed by atoms with Gasteiger partial charge in [-0.1, -0.05) is 0 Å². The first kappa shape index (κ1) is 9.86. The van der Waals surface area contributed by atoms with Crippen LogP contribution in [0, 0.1) is 0 Å². The highest BCUT2D eigenvalue weighted by molar-refractivity contribution is 5.45. The first-order valence-corrected chi connectivity index (χ1v) is 4.43. The highest BCUT2D eigenvalue weighted by Crippen LogP contribution is 2.12. The summed E-state index contributed by atoms with van der Waals surface area (Å²) in [7, 11) is 0. The minimum absolute atomic E-state index is 0.287. The van der Waals surface area contributed by atoms with E-state index in [1.165, 1.54) is 0 Å². The Balaban J connectivity index is 2.25. The smallest absolute Gasteiger partial charge is 0.115 e. The number of anilines is 1. The number of ether oxygens (including phenoxy) is 1. The second-order valence-corrected chi connectivity index (χ2v) is 2.67. The summed E-state index contributed by atoms with van der Waals surface area (Å²) in [5, 5.41) is 12.2. The van der Waals surface area contributed by atoms with Crippen LogP contribution in [0.2, 0.25) is 0 Å². The maximum Gasteiger partial charge on any atom is 0.115 e. The lowest BCUT2D eigenvalue weighted by Gasteiger charge is -2.05. The molecule has 0 unspecified atom stereocenters. The van der Waals surface area contributed by atoms with Crippen molar-refractivity contribution in [2.75, 3.05) is 25.1 Å². The molecule has 0 aliphatic carbocycles. The Labute approximate surface area is 78.3 Å². The molecule has 0 bridgehead atoms. The Morgan fingerprint density at radius 1 is 1.31 bits per heavy atom. The molecule has 2 N–H and O–H groups in total. The highest BCUT2D eigenvalue weighted by Gasteiger charge is 1.91. The summed E-state index contributed by atoms with van der Waals surface area (Å²) in [6.45, 7) is 4.22. The molecule has 0 aliphatic heterocycles. The number of nitrogens with one attached hydrogen (secondary N) is 1. The molecule has 0 spiro atoms. The summed E-state index contributed by atoms with van der Waals surface area (Å²) >= 11 is 0. The standard InChI is InChI=1S/C10H15NO2/c1-2-13-8-7-11-9-3-5-10(12)6-4-9/h3-6,11-12H,2,7-8H2,1H3. The van der Waals surface area contributed by atoms with Gasteiger partial charge in [-0.3, -0.25) is 0 Å². The predicted molar refractivity (Wildman–Crippen MR) is 53.1 cm³/mol. The van der Waals surface area contributed by atoms with Crippen molar-refractivity contribution in [2.24, 2.45) is 0 Å². The van der Waals surface area contributed by atoms with Crippen molar-refractivity contribution in [3.63, 3.8) is 0 Å². The van der Waals surface area contributed by atoms with Gasteiger partial charge >= 0.3 is 0 Å².